The Morgan fingerprint density at radius 3 is 2.57 bits per heavy atom. The summed E-state index contributed by atoms with van der Waals surface area (Å²) >= 11 is 0. The number of aromatic nitrogens is 1. The average molecular weight is 414 g/mol. The third-order valence-corrected chi connectivity index (χ3v) is 4.34. The molecular formula is C19H18N4O7. The number of hydrogen-bond donors (Lipinski definition) is 1. The predicted octanol–water partition coefficient (Wildman–Crippen LogP) is 1.92. The van der Waals surface area contributed by atoms with E-state index in [1.807, 2.05) is 0 Å². The first-order chi connectivity index (χ1) is 14.3. The van der Waals surface area contributed by atoms with Crippen molar-refractivity contribution in [1.82, 2.24) is 4.98 Å². The molecule has 11 nitrogen and oxygen atoms in total. The molecule has 0 aliphatic carbocycles. The van der Waals surface area contributed by atoms with E-state index in [4.69, 9.17) is 4.74 Å². The highest BCUT2D eigenvalue weighted by Crippen LogP contribution is 2.34. The molecule has 1 aromatic heterocycles. The average Bonchev–Trinajstić information content (AvgIpc) is 2.75. The van der Waals surface area contributed by atoms with E-state index in [0.29, 0.717) is 17.7 Å². The molecule has 2 heterocycles. The standard InChI is InChI=1S/C19H18N4O7/c1-3-13-18(25)22(17-14(30-13)8-9-15(21-17)23(27)28)10-16(24)20-12-6-4-11(5-7-12)19(26)29-2/h4-9,13H,3,10H2,1-2H3,(H,20,24). The molecule has 1 unspecified atom stereocenters. The number of benzene rings is 1. The Labute approximate surface area is 170 Å². The van der Waals surface area contributed by atoms with Crippen LogP contribution < -0.4 is 15.0 Å². The summed E-state index contributed by atoms with van der Waals surface area (Å²) in [6.45, 7) is 1.33. The van der Waals surface area contributed by atoms with Gasteiger partial charge >= 0.3 is 11.8 Å². The molecule has 3 rings (SSSR count). The number of amides is 2. The van der Waals surface area contributed by atoms with Gasteiger partial charge in [-0.2, -0.15) is 0 Å². The second-order valence-electron chi connectivity index (χ2n) is 6.30. The first-order valence-electron chi connectivity index (χ1n) is 8.95. The highest BCUT2D eigenvalue weighted by molar-refractivity contribution is 6.05. The Bertz CT molecular complexity index is 1010. The molecule has 1 N–H and O–H groups in total. The molecular weight excluding hydrogens is 396 g/mol. The minimum atomic E-state index is -0.826. The van der Waals surface area contributed by atoms with Crippen molar-refractivity contribution in [2.45, 2.75) is 19.4 Å². The molecule has 0 fully saturated rings. The molecule has 2 amide bonds. The Morgan fingerprint density at radius 2 is 1.97 bits per heavy atom. The zero-order chi connectivity index (χ0) is 21.8. The molecule has 0 saturated carbocycles. The molecule has 1 atom stereocenters. The van der Waals surface area contributed by atoms with E-state index >= 15 is 0 Å². The topological polar surface area (TPSA) is 141 Å². The maximum Gasteiger partial charge on any atom is 0.366 e. The third kappa shape index (κ3) is 4.19. The van der Waals surface area contributed by atoms with E-state index in [0.717, 1.165) is 4.90 Å². The maximum absolute atomic E-state index is 12.7. The molecule has 0 spiro atoms. The minimum absolute atomic E-state index is 0.0879. The smallest absolute Gasteiger partial charge is 0.366 e. The van der Waals surface area contributed by atoms with Crippen LogP contribution in [0.25, 0.3) is 0 Å². The summed E-state index contributed by atoms with van der Waals surface area (Å²) in [6, 6.07) is 8.51. The number of methoxy groups -OCH3 is 1. The summed E-state index contributed by atoms with van der Waals surface area (Å²) in [7, 11) is 1.26. The van der Waals surface area contributed by atoms with Crippen LogP contribution in [0.3, 0.4) is 0 Å². The van der Waals surface area contributed by atoms with Crippen LogP contribution in [-0.4, -0.2) is 47.4 Å². The lowest BCUT2D eigenvalue weighted by Gasteiger charge is -2.30. The molecule has 2 aromatic rings. The number of esters is 1. The molecule has 11 heteroatoms. The minimum Gasteiger partial charge on any atom is -0.474 e. The lowest BCUT2D eigenvalue weighted by molar-refractivity contribution is -0.389. The molecule has 0 saturated heterocycles. The van der Waals surface area contributed by atoms with Gasteiger partial charge in [0.15, 0.2) is 11.9 Å². The fourth-order valence-electron chi connectivity index (χ4n) is 2.86. The van der Waals surface area contributed by atoms with Crippen molar-refractivity contribution < 1.29 is 28.8 Å². The number of fused-ring (bicyclic) bond motifs is 1. The van der Waals surface area contributed by atoms with Crippen molar-refractivity contribution in [1.29, 1.82) is 0 Å². The summed E-state index contributed by atoms with van der Waals surface area (Å²) in [5.41, 5.74) is 0.711. The number of hydrogen-bond acceptors (Lipinski definition) is 8. The quantitative estimate of drug-likeness (QED) is 0.429. The zero-order valence-electron chi connectivity index (χ0n) is 16.2. The van der Waals surface area contributed by atoms with Gasteiger partial charge in [-0.25, -0.2) is 4.79 Å². The van der Waals surface area contributed by atoms with Crippen LogP contribution in [0.2, 0.25) is 0 Å². The number of rotatable bonds is 6. The van der Waals surface area contributed by atoms with Gasteiger partial charge in [-0.15, -0.1) is 0 Å². The second kappa shape index (κ2) is 8.55. The van der Waals surface area contributed by atoms with E-state index in [-0.39, 0.29) is 11.6 Å². The lowest BCUT2D eigenvalue weighted by atomic mass is 10.2. The lowest BCUT2D eigenvalue weighted by Crippen LogP contribution is -2.49. The van der Waals surface area contributed by atoms with E-state index in [9.17, 15) is 24.5 Å². The van der Waals surface area contributed by atoms with E-state index in [1.165, 1.54) is 43.5 Å². The first kappa shape index (κ1) is 20.7. The van der Waals surface area contributed by atoms with Gasteiger partial charge in [-0.1, -0.05) is 6.92 Å². The second-order valence-corrected chi connectivity index (χ2v) is 6.30. The van der Waals surface area contributed by atoms with Gasteiger partial charge < -0.3 is 24.9 Å². The Kier molecular flexibility index (Phi) is 5.90. The number of ether oxygens (including phenoxy) is 2. The molecule has 30 heavy (non-hydrogen) atoms. The normalized spacial score (nSPS) is 15.1. The monoisotopic (exact) mass is 414 g/mol. The van der Waals surface area contributed by atoms with Crippen molar-refractivity contribution in [2.24, 2.45) is 0 Å². The Balaban J connectivity index is 1.81. The Hall–Kier alpha value is -4.02. The SMILES string of the molecule is CCC1Oc2ccc([N+](=O)[O-])nc2N(CC(=O)Nc2ccc(C(=O)OC)cc2)C1=O. The molecule has 1 aromatic carbocycles. The van der Waals surface area contributed by atoms with Crippen molar-refractivity contribution in [3.63, 3.8) is 0 Å². The summed E-state index contributed by atoms with van der Waals surface area (Å²) in [6.07, 6.45) is -0.476. The van der Waals surface area contributed by atoms with Crippen LogP contribution in [0, 0.1) is 10.1 Å². The number of carbonyl (C=O) groups is 3. The van der Waals surface area contributed by atoms with Crippen LogP contribution in [0.4, 0.5) is 17.3 Å². The fourth-order valence-corrected chi connectivity index (χ4v) is 2.86. The summed E-state index contributed by atoms with van der Waals surface area (Å²) < 4.78 is 10.2. The highest BCUT2D eigenvalue weighted by atomic mass is 16.6. The summed E-state index contributed by atoms with van der Waals surface area (Å²) in [5.74, 6) is -1.96. The van der Waals surface area contributed by atoms with Crippen molar-refractivity contribution in [3.05, 3.63) is 52.1 Å². The first-order valence-corrected chi connectivity index (χ1v) is 8.95. The van der Waals surface area contributed by atoms with Crippen LogP contribution in [0.1, 0.15) is 23.7 Å². The van der Waals surface area contributed by atoms with Crippen molar-refractivity contribution >= 4 is 35.1 Å². The third-order valence-electron chi connectivity index (χ3n) is 4.34. The number of anilines is 2. The van der Waals surface area contributed by atoms with Crippen LogP contribution >= 0.6 is 0 Å². The predicted molar refractivity (Wildman–Crippen MR) is 104 cm³/mol. The summed E-state index contributed by atoms with van der Waals surface area (Å²) in [5, 5.41) is 13.7. The molecule has 0 radical (unpaired) electrons. The van der Waals surface area contributed by atoms with Gasteiger partial charge in [-0.05, 0) is 46.7 Å². The van der Waals surface area contributed by atoms with E-state index in [1.54, 1.807) is 6.92 Å². The maximum atomic E-state index is 12.7. The van der Waals surface area contributed by atoms with Crippen LogP contribution in [0.15, 0.2) is 36.4 Å². The molecule has 156 valence electrons. The number of carbonyl (C=O) groups excluding carboxylic acids is 3. The molecule has 0 bridgehead atoms. The van der Waals surface area contributed by atoms with Gasteiger partial charge in [-0.3, -0.25) is 14.5 Å². The van der Waals surface area contributed by atoms with Gasteiger partial charge in [0.25, 0.3) is 11.7 Å². The Morgan fingerprint density at radius 1 is 1.27 bits per heavy atom. The van der Waals surface area contributed by atoms with Crippen molar-refractivity contribution in [2.75, 3.05) is 23.9 Å². The van der Waals surface area contributed by atoms with Gasteiger partial charge in [0.2, 0.25) is 5.91 Å². The summed E-state index contributed by atoms with van der Waals surface area (Å²) in [4.78, 5) is 52.0. The van der Waals surface area contributed by atoms with Gasteiger partial charge in [0.05, 0.1) is 12.7 Å². The molecule has 1 aliphatic rings. The van der Waals surface area contributed by atoms with Crippen LogP contribution in [0.5, 0.6) is 5.75 Å². The largest absolute Gasteiger partial charge is 0.474 e. The van der Waals surface area contributed by atoms with E-state index in [2.05, 4.69) is 15.0 Å². The number of nitrogens with zero attached hydrogens (tertiary/aromatic N) is 3. The van der Waals surface area contributed by atoms with E-state index < -0.39 is 41.2 Å². The number of nitro groups is 1. The van der Waals surface area contributed by atoms with Gasteiger partial charge in [0.1, 0.15) is 6.54 Å². The van der Waals surface area contributed by atoms with Gasteiger partial charge in [0, 0.05) is 11.8 Å². The zero-order valence-corrected chi connectivity index (χ0v) is 16.2. The highest BCUT2D eigenvalue weighted by Gasteiger charge is 2.39. The van der Waals surface area contributed by atoms with Crippen LogP contribution in [-0.2, 0) is 14.3 Å². The fraction of sp³-hybridized carbons (Fsp3) is 0.263. The van der Waals surface area contributed by atoms with Crippen molar-refractivity contribution in [3.8, 4) is 5.75 Å². The number of pyridine rings is 1. The number of nitrogens with one attached hydrogen (secondary N) is 1. The molecule has 1 aliphatic heterocycles.